The third-order valence-corrected chi connectivity index (χ3v) is 1.48. The maximum atomic E-state index is 9.98. The molecule has 1 aromatic rings. The Morgan fingerprint density at radius 2 is 1.85 bits per heavy atom. The van der Waals surface area contributed by atoms with E-state index in [9.17, 15) is 4.79 Å². The molecule has 0 aliphatic carbocycles. The van der Waals surface area contributed by atoms with Crippen LogP contribution >= 0.6 is 0 Å². The third kappa shape index (κ3) is 3.15. The Balaban J connectivity index is 2.53. The van der Waals surface area contributed by atoms with Gasteiger partial charge in [0.1, 0.15) is 11.5 Å². The fourth-order valence-corrected chi connectivity index (χ4v) is 0.890. The molecule has 0 aliphatic heterocycles. The van der Waals surface area contributed by atoms with Crippen LogP contribution in [0.2, 0.25) is 0 Å². The molecule has 0 saturated heterocycles. The first-order valence-corrected chi connectivity index (χ1v) is 4.20. The van der Waals surface area contributed by atoms with E-state index in [1.165, 1.54) is 0 Å². The highest BCUT2D eigenvalue weighted by atomic mass is 16.5. The largest absolute Gasteiger partial charge is 0.494 e. The van der Waals surface area contributed by atoms with Gasteiger partial charge in [-0.3, -0.25) is 4.79 Å². The molecular formula is C10H12O3. The number of hydrogen-bond donors (Lipinski definition) is 0. The molecule has 1 aromatic carbocycles. The molecule has 0 spiro atoms. The second-order valence-electron chi connectivity index (χ2n) is 2.53. The third-order valence-electron chi connectivity index (χ3n) is 1.48. The summed E-state index contributed by atoms with van der Waals surface area (Å²) < 4.78 is 9.97. The molecule has 0 unspecified atom stereocenters. The summed E-state index contributed by atoms with van der Waals surface area (Å²) in [6.07, 6.45) is 0.979. The predicted octanol–water partition coefficient (Wildman–Crippen LogP) is 2.01. The van der Waals surface area contributed by atoms with Gasteiger partial charge in [-0.15, -0.1) is 0 Å². The van der Waals surface area contributed by atoms with Crippen molar-refractivity contribution in [3.63, 3.8) is 0 Å². The maximum Gasteiger partial charge on any atom is 0.298 e. The molecule has 0 atom stereocenters. The lowest BCUT2D eigenvalue weighted by Gasteiger charge is -2.04. The van der Waals surface area contributed by atoms with Crippen molar-refractivity contribution < 1.29 is 14.3 Å². The van der Waals surface area contributed by atoms with Gasteiger partial charge in [-0.05, 0) is 30.7 Å². The summed E-state index contributed by atoms with van der Waals surface area (Å²) in [6, 6.07) is 6.93. The summed E-state index contributed by atoms with van der Waals surface area (Å²) in [5.74, 6) is 1.32. The van der Waals surface area contributed by atoms with E-state index in [4.69, 9.17) is 4.74 Å². The van der Waals surface area contributed by atoms with Gasteiger partial charge < -0.3 is 9.47 Å². The highest BCUT2D eigenvalue weighted by Crippen LogP contribution is 2.16. The summed E-state index contributed by atoms with van der Waals surface area (Å²) in [5.41, 5.74) is 0. The molecule has 0 amide bonds. The number of hydrogen-bond acceptors (Lipinski definition) is 3. The first-order valence-electron chi connectivity index (χ1n) is 4.20. The zero-order valence-electron chi connectivity index (χ0n) is 7.53. The summed E-state index contributed by atoms with van der Waals surface area (Å²) >= 11 is 0. The van der Waals surface area contributed by atoms with Gasteiger partial charge in [0.05, 0.1) is 6.61 Å². The van der Waals surface area contributed by atoms with E-state index >= 15 is 0 Å². The van der Waals surface area contributed by atoms with E-state index in [1.54, 1.807) is 24.3 Å². The molecule has 3 nitrogen and oxygen atoms in total. The summed E-state index contributed by atoms with van der Waals surface area (Å²) in [4.78, 5) is 9.98. The van der Waals surface area contributed by atoms with Gasteiger partial charge in [-0.2, -0.15) is 0 Å². The second kappa shape index (κ2) is 5.19. The number of ether oxygens (including phenoxy) is 2. The molecule has 0 bridgehead atoms. The Labute approximate surface area is 77.3 Å². The quantitative estimate of drug-likeness (QED) is 0.650. The van der Waals surface area contributed by atoms with Gasteiger partial charge in [0.2, 0.25) is 0 Å². The molecule has 0 aromatic heterocycles. The molecule has 0 fully saturated rings. The standard InChI is InChI=1S/C10H12O3/c1-2-7-12-9-3-5-10(6-4-9)13-8-11/h3-6,8H,2,7H2,1H3. The molecule has 0 radical (unpaired) electrons. The van der Waals surface area contributed by atoms with Crippen LogP contribution in [0, 0.1) is 0 Å². The van der Waals surface area contributed by atoms with E-state index in [-0.39, 0.29) is 0 Å². The molecule has 3 heteroatoms. The van der Waals surface area contributed by atoms with Crippen molar-refractivity contribution in [1.82, 2.24) is 0 Å². The molecule has 13 heavy (non-hydrogen) atoms. The van der Waals surface area contributed by atoms with Crippen molar-refractivity contribution in [1.29, 1.82) is 0 Å². The van der Waals surface area contributed by atoms with Crippen LogP contribution in [0.15, 0.2) is 24.3 Å². The fourth-order valence-electron chi connectivity index (χ4n) is 0.890. The highest BCUT2D eigenvalue weighted by Gasteiger charge is 1.94. The summed E-state index contributed by atoms with van der Waals surface area (Å²) in [5, 5.41) is 0. The van der Waals surface area contributed by atoms with Crippen LogP contribution in [0.4, 0.5) is 0 Å². The summed E-state index contributed by atoms with van der Waals surface area (Å²) in [6.45, 7) is 3.15. The van der Waals surface area contributed by atoms with Crippen LogP contribution in [0.1, 0.15) is 13.3 Å². The zero-order chi connectivity index (χ0) is 9.52. The van der Waals surface area contributed by atoms with Crippen LogP contribution in [-0.2, 0) is 4.79 Å². The van der Waals surface area contributed by atoms with E-state index in [1.807, 2.05) is 6.92 Å². The number of carbonyl (C=O) groups excluding carboxylic acids is 1. The van der Waals surface area contributed by atoms with Gasteiger partial charge in [0, 0.05) is 0 Å². The van der Waals surface area contributed by atoms with Crippen LogP contribution in [0.25, 0.3) is 0 Å². The average Bonchev–Trinajstić information content (AvgIpc) is 2.17. The highest BCUT2D eigenvalue weighted by molar-refractivity contribution is 5.45. The Morgan fingerprint density at radius 1 is 1.23 bits per heavy atom. The number of carbonyl (C=O) groups is 1. The van der Waals surface area contributed by atoms with Crippen molar-refractivity contribution in [2.24, 2.45) is 0 Å². The number of rotatable bonds is 5. The topological polar surface area (TPSA) is 35.5 Å². The Hall–Kier alpha value is -1.51. The minimum Gasteiger partial charge on any atom is -0.494 e. The average molecular weight is 180 g/mol. The fraction of sp³-hybridized carbons (Fsp3) is 0.300. The first-order chi connectivity index (χ1) is 6.36. The smallest absolute Gasteiger partial charge is 0.298 e. The van der Waals surface area contributed by atoms with Gasteiger partial charge in [0.15, 0.2) is 0 Å². The minimum atomic E-state index is 0.405. The van der Waals surface area contributed by atoms with E-state index in [0.717, 1.165) is 12.2 Å². The second-order valence-corrected chi connectivity index (χ2v) is 2.53. The van der Waals surface area contributed by atoms with Crippen molar-refractivity contribution in [3.05, 3.63) is 24.3 Å². The van der Waals surface area contributed by atoms with Crippen molar-refractivity contribution in [2.45, 2.75) is 13.3 Å². The monoisotopic (exact) mass is 180 g/mol. The van der Waals surface area contributed by atoms with E-state index in [0.29, 0.717) is 18.8 Å². The van der Waals surface area contributed by atoms with Crippen LogP contribution < -0.4 is 9.47 Å². The van der Waals surface area contributed by atoms with Gasteiger partial charge in [-0.1, -0.05) is 6.92 Å². The Morgan fingerprint density at radius 3 is 2.38 bits per heavy atom. The van der Waals surface area contributed by atoms with Gasteiger partial charge >= 0.3 is 0 Å². The van der Waals surface area contributed by atoms with E-state index < -0.39 is 0 Å². The van der Waals surface area contributed by atoms with Gasteiger partial charge in [-0.25, -0.2) is 0 Å². The number of benzene rings is 1. The maximum absolute atomic E-state index is 9.98. The Kier molecular flexibility index (Phi) is 3.82. The van der Waals surface area contributed by atoms with Crippen LogP contribution in [0.3, 0.4) is 0 Å². The SMILES string of the molecule is CCCOc1ccc(OC=O)cc1. The van der Waals surface area contributed by atoms with Crippen LogP contribution in [0.5, 0.6) is 11.5 Å². The molecule has 70 valence electrons. The van der Waals surface area contributed by atoms with Crippen LogP contribution in [-0.4, -0.2) is 13.1 Å². The molecule has 0 saturated carbocycles. The molecule has 0 aliphatic rings. The van der Waals surface area contributed by atoms with E-state index in [2.05, 4.69) is 4.74 Å². The normalized spacial score (nSPS) is 9.31. The molecular weight excluding hydrogens is 168 g/mol. The predicted molar refractivity (Wildman–Crippen MR) is 48.9 cm³/mol. The first kappa shape index (κ1) is 9.58. The minimum absolute atomic E-state index is 0.405. The van der Waals surface area contributed by atoms with Crippen molar-refractivity contribution >= 4 is 6.47 Å². The molecule has 0 N–H and O–H groups in total. The lowest BCUT2D eigenvalue weighted by molar-refractivity contribution is -0.120. The Bertz CT molecular complexity index is 253. The van der Waals surface area contributed by atoms with Crippen molar-refractivity contribution in [3.8, 4) is 11.5 Å². The molecule has 0 heterocycles. The lowest BCUT2D eigenvalue weighted by Crippen LogP contribution is -1.94. The van der Waals surface area contributed by atoms with Gasteiger partial charge in [0.25, 0.3) is 6.47 Å². The summed E-state index contributed by atoms with van der Waals surface area (Å²) in [7, 11) is 0. The van der Waals surface area contributed by atoms with Crippen molar-refractivity contribution in [2.75, 3.05) is 6.61 Å². The molecule has 1 rings (SSSR count). The zero-order valence-corrected chi connectivity index (χ0v) is 7.53. The lowest BCUT2D eigenvalue weighted by atomic mass is 10.3.